The second kappa shape index (κ2) is 9.11. The number of nitrogens with one attached hydrogen (secondary N) is 2. The van der Waals surface area contributed by atoms with Crippen LogP contribution < -0.4 is 15.3 Å². The molecule has 1 aliphatic rings. The Labute approximate surface area is 212 Å². The number of aromatic amines is 1. The van der Waals surface area contributed by atoms with Crippen LogP contribution in [0.15, 0.2) is 58.2 Å². The zero-order valence-corrected chi connectivity index (χ0v) is 21.3. The van der Waals surface area contributed by atoms with Crippen LogP contribution in [0.1, 0.15) is 34.5 Å². The number of sulfonamides is 1. The third-order valence-corrected chi connectivity index (χ3v) is 8.50. The largest absolute Gasteiger partial charge is 0.354 e. The van der Waals surface area contributed by atoms with E-state index < -0.39 is 21.6 Å². The quantitative estimate of drug-likeness (QED) is 0.422. The summed E-state index contributed by atoms with van der Waals surface area (Å²) in [5, 5.41) is 2.68. The molecule has 0 aliphatic carbocycles. The number of carbonyl (C=O) groups is 1. The van der Waals surface area contributed by atoms with Gasteiger partial charge in [-0.3, -0.25) is 9.10 Å². The van der Waals surface area contributed by atoms with Crippen molar-refractivity contribution in [2.24, 2.45) is 0 Å². The molecule has 0 saturated heterocycles. The van der Waals surface area contributed by atoms with Gasteiger partial charge in [-0.2, -0.15) is 0 Å². The van der Waals surface area contributed by atoms with Gasteiger partial charge in [0.2, 0.25) is 0 Å². The van der Waals surface area contributed by atoms with Crippen molar-refractivity contribution in [3.63, 3.8) is 0 Å². The van der Waals surface area contributed by atoms with E-state index in [9.17, 15) is 18.0 Å². The Morgan fingerprint density at radius 3 is 2.67 bits per heavy atom. The number of amides is 1. The van der Waals surface area contributed by atoms with Crippen molar-refractivity contribution < 1.29 is 13.2 Å². The van der Waals surface area contributed by atoms with Crippen LogP contribution >= 0.6 is 11.6 Å². The number of benzene rings is 2. The summed E-state index contributed by atoms with van der Waals surface area (Å²) in [5.74, 6) is -0.414. The molecule has 2 N–H and O–H groups in total. The predicted molar refractivity (Wildman–Crippen MR) is 139 cm³/mol. The maximum Gasteiger partial charge on any atom is 0.332 e. The van der Waals surface area contributed by atoms with Crippen LogP contribution in [0.3, 0.4) is 0 Å². The van der Waals surface area contributed by atoms with Crippen molar-refractivity contribution in [1.82, 2.24) is 19.9 Å². The zero-order valence-electron chi connectivity index (χ0n) is 19.7. The lowest BCUT2D eigenvalue weighted by atomic mass is 10.1. The van der Waals surface area contributed by atoms with Crippen LogP contribution in [0.4, 0.5) is 5.69 Å². The van der Waals surface area contributed by atoms with Gasteiger partial charge < -0.3 is 10.3 Å². The topological polar surface area (TPSA) is 117 Å². The molecule has 0 saturated carbocycles. The van der Waals surface area contributed by atoms with E-state index >= 15 is 0 Å². The van der Waals surface area contributed by atoms with E-state index in [1.807, 2.05) is 24.3 Å². The minimum Gasteiger partial charge on any atom is -0.354 e. The second-order valence-electron chi connectivity index (χ2n) is 8.64. The monoisotopic (exact) mass is 525 g/mol. The van der Waals surface area contributed by atoms with Gasteiger partial charge in [-0.25, -0.2) is 22.8 Å². The molecule has 186 valence electrons. The maximum absolute atomic E-state index is 13.8. The van der Waals surface area contributed by atoms with Gasteiger partial charge in [-0.15, -0.1) is 0 Å². The fourth-order valence-electron chi connectivity index (χ4n) is 4.56. The Morgan fingerprint density at radius 2 is 1.89 bits per heavy atom. The number of aryl methyl sites for hydroxylation is 2. The van der Waals surface area contributed by atoms with Gasteiger partial charge in [0.25, 0.3) is 15.9 Å². The van der Waals surface area contributed by atoms with Crippen molar-refractivity contribution in [1.29, 1.82) is 0 Å². The van der Waals surface area contributed by atoms with E-state index in [4.69, 9.17) is 11.6 Å². The molecule has 0 spiro atoms. The summed E-state index contributed by atoms with van der Waals surface area (Å²) in [6.45, 7) is 2.09. The number of hydrogen-bond acceptors (Lipinski definition) is 5. The molecular weight excluding hydrogens is 502 g/mol. The molecular formula is C25H24ClN5O4S. The Balaban J connectivity index is 1.69. The van der Waals surface area contributed by atoms with E-state index in [2.05, 4.69) is 15.3 Å². The van der Waals surface area contributed by atoms with Gasteiger partial charge in [0, 0.05) is 13.6 Å². The summed E-state index contributed by atoms with van der Waals surface area (Å²) in [6, 6.07) is 13.3. The van der Waals surface area contributed by atoms with Crippen molar-refractivity contribution in [3.05, 3.63) is 80.9 Å². The zero-order chi connectivity index (χ0) is 25.6. The molecule has 1 amide bonds. The highest BCUT2D eigenvalue weighted by atomic mass is 35.5. The number of rotatable bonds is 4. The van der Waals surface area contributed by atoms with Crippen LogP contribution in [-0.2, 0) is 16.4 Å². The summed E-state index contributed by atoms with van der Waals surface area (Å²) in [4.78, 5) is 32.4. The van der Waals surface area contributed by atoms with Crippen LogP contribution in [-0.4, -0.2) is 42.5 Å². The van der Waals surface area contributed by atoms with Gasteiger partial charge >= 0.3 is 5.69 Å². The lowest BCUT2D eigenvalue weighted by molar-refractivity contribution is 0.0958. The summed E-state index contributed by atoms with van der Waals surface area (Å²) in [7, 11) is -2.48. The summed E-state index contributed by atoms with van der Waals surface area (Å²) in [6.07, 6.45) is 2.41. The van der Waals surface area contributed by atoms with Crippen molar-refractivity contribution in [2.45, 2.75) is 31.1 Å². The van der Waals surface area contributed by atoms with E-state index in [0.29, 0.717) is 23.3 Å². The summed E-state index contributed by atoms with van der Waals surface area (Å²) in [5.41, 5.74) is 2.59. The Hall–Kier alpha value is -3.63. The average Bonchev–Trinajstić information content (AvgIpc) is 3.05. The van der Waals surface area contributed by atoms with Crippen LogP contribution in [0.2, 0.25) is 5.02 Å². The molecule has 0 bridgehead atoms. The smallest absolute Gasteiger partial charge is 0.332 e. The van der Waals surface area contributed by atoms with E-state index in [1.165, 1.54) is 34.1 Å². The number of hydrogen-bond donors (Lipinski definition) is 2. The van der Waals surface area contributed by atoms with Crippen molar-refractivity contribution in [2.75, 3.05) is 17.9 Å². The first-order chi connectivity index (χ1) is 17.2. The number of nitrogens with zero attached hydrogens (tertiary/aromatic N) is 3. The molecule has 0 unspecified atom stereocenters. The molecule has 4 aromatic rings. The first kappa shape index (κ1) is 24.1. The molecule has 11 heteroatoms. The minimum absolute atomic E-state index is 0.000897. The molecule has 2 aromatic carbocycles. The summed E-state index contributed by atoms with van der Waals surface area (Å²) < 4.78 is 30.3. The highest BCUT2D eigenvalue weighted by molar-refractivity contribution is 7.92. The average molecular weight is 526 g/mol. The normalized spacial score (nSPS) is 13.9. The van der Waals surface area contributed by atoms with Gasteiger partial charge in [0.05, 0.1) is 26.8 Å². The van der Waals surface area contributed by atoms with Gasteiger partial charge in [0.15, 0.2) is 5.65 Å². The molecule has 0 fully saturated rings. The lowest BCUT2D eigenvalue weighted by Gasteiger charge is -2.25. The Kier molecular flexibility index (Phi) is 6.09. The Morgan fingerprint density at radius 1 is 1.11 bits per heavy atom. The number of fused-ring (bicyclic) bond motifs is 2. The summed E-state index contributed by atoms with van der Waals surface area (Å²) >= 11 is 6.48. The highest BCUT2D eigenvalue weighted by Crippen LogP contribution is 2.33. The van der Waals surface area contributed by atoms with E-state index in [0.717, 1.165) is 24.8 Å². The van der Waals surface area contributed by atoms with E-state index in [-0.39, 0.29) is 26.9 Å². The van der Waals surface area contributed by atoms with Gasteiger partial charge in [-0.1, -0.05) is 29.8 Å². The fraction of sp³-hybridized carbons (Fsp3) is 0.240. The first-order valence-electron chi connectivity index (χ1n) is 11.5. The number of imidazole rings is 1. The number of para-hydroxylation sites is 1. The molecule has 3 heterocycles. The van der Waals surface area contributed by atoms with Gasteiger partial charge in [-0.05, 0) is 67.6 Å². The number of pyridine rings is 1. The molecule has 5 rings (SSSR count). The first-order valence-corrected chi connectivity index (χ1v) is 13.3. The van der Waals surface area contributed by atoms with Crippen LogP contribution in [0.25, 0.3) is 16.9 Å². The third-order valence-electron chi connectivity index (χ3n) is 6.37. The third kappa shape index (κ3) is 3.96. The highest BCUT2D eigenvalue weighted by Gasteiger charge is 2.29. The maximum atomic E-state index is 13.8. The molecule has 36 heavy (non-hydrogen) atoms. The Bertz CT molecular complexity index is 1680. The minimum atomic E-state index is -3.96. The van der Waals surface area contributed by atoms with Gasteiger partial charge in [0.1, 0.15) is 5.69 Å². The number of anilines is 1. The van der Waals surface area contributed by atoms with E-state index in [1.54, 1.807) is 13.0 Å². The standard InChI is InChI=1S/C25H24ClN5O4S/c1-15-13-19(24(32)27-2)28-23-22(15)29-25(33)31(23)21-14-17(10-11-18(21)26)36(34,35)30-12-6-5-8-16-7-3-4-9-20(16)30/h3-4,7,9-11,13-14H,5-6,8,12H2,1-2H3,(H,27,32)(H,29,33). The fourth-order valence-corrected chi connectivity index (χ4v) is 6.32. The van der Waals surface area contributed by atoms with Crippen LogP contribution in [0.5, 0.6) is 0 Å². The number of halogens is 1. The van der Waals surface area contributed by atoms with Crippen LogP contribution in [0, 0.1) is 6.92 Å². The van der Waals surface area contributed by atoms with Crippen molar-refractivity contribution >= 4 is 44.4 Å². The molecule has 0 radical (unpaired) electrons. The number of carbonyl (C=O) groups excluding carboxylic acids is 1. The lowest BCUT2D eigenvalue weighted by Crippen LogP contribution is -2.32. The SMILES string of the molecule is CNC(=O)c1cc(C)c2[nH]c(=O)n(-c3cc(S(=O)(=O)N4CCCCc5ccccc54)ccc3Cl)c2n1. The second-order valence-corrected chi connectivity index (χ2v) is 10.9. The molecule has 9 nitrogen and oxygen atoms in total. The predicted octanol–water partition coefficient (Wildman–Crippen LogP) is 3.57. The van der Waals surface area contributed by atoms with Crippen molar-refractivity contribution in [3.8, 4) is 5.69 Å². The molecule has 2 aromatic heterocycles. The number of aromatic nitrogens is 3. The molecule has 1 aliphatic heterocycles. The number of H-pyrrole nitrogens is 1. The molecule has 0 atom stereocenters.